The van der Waals surface area contributed by atoms with Crippen molar-refractivity contribution in [1.29, 1.82) is 5.26 Å². The standard InChI is InChI=1S/C22H18F3N5O/c1-31-20-13(11-26)4-5-15(24)19(20)17-6-7-18(30-29-17)28-12-22(9-14(23)10-22)21-16(25)3-2-8-27-21/h2-8,14H,9-10,12H2,1H3,(H,28,30)/t14-,22-. The Bertz CT molecular complexity index is 1140. The zero-order valence-electron chi connectivity index (χ0n) is 16.6. The van der Waals surface area contributed by atoms with Crippen molar-refractivity contribution in [2.75, 3.05) is 19.0 Å². The van der Waals surface area contributed by atoms with E-state index in [0.717, 1.165) is 0 Å². The van der Waals surface area contributed by atoms with Crippen LogP contribution in [-0.4, -0.2) is 35.0 Å². The molecule has 1 aliphatic rings. The molecule has 4 rings (SSSR count). The fourth-order valence-corrected chi connectivity index (χ4v) is 3.90. The lowest BCUT2D eigenvalue weighted by molar-refractivity contribution is 0.0964. The van der Waals surface area contributed by atoms with Crippen LogP contribution < -0.4 is 10.1 Å². The summed E-state index contributed by atoms with van der Waals surface area (Å²) in [5, 5.41) is 20.3. The third-order valence-corrected chi connectivity index (χ3v) is 5.45. The fourth-order valence-electron chi connectivity index (χ4n) is 3.90. The zero-order valence-corrected chi connectivity index (χ0v) is 16.6. The molecule has 2 heterocycles. The highest BCUT2D eigenvalue weighted by Crippen LogP contribution is 2.45. The summed E-state index contributed by atoms with van der Waals surface area (Å²) in [6.45, 7) is 0.219. The number of aromatic nitrogens is 3. The molecule has 1 saturated carbocycles. The van der Waals surface area contributed by atoms with Gasteiger partial charge < -0.3 is 10.1 Å². The van der Waals surface area contributed by atoms with Gasteiger partial charge >= 0.3 is 0 Å². The van der Waals surface area contributed by atoms with E-state index in [-0.39, 0.29) is 47.7 Å². The number of rotatable bonds is 6. The third-order valence-electron chi connectivity index (χ3n) is 5.45. The summed E-state index contributed by atoms with van der Waals surface area (Å²) in [5.41, 5.74) is -0.155. The maximum Gasteiger partial charge on any atom is 0.149 e. The summed E-state index contributed by atoms with van der Waals surface area (Å²) in [7, 11) is 1.34. The molecule has 0 spiro atoms. The van der Waals surface area contributed by atoms with E-state index in [2.05, 4.69) is 20.5 Å². The quantitative estimate of drug-likeness (QED) is 0.638. The third kappa shape index (κ3) is 3.77. The molecule has 3 aromatic rings. The second-order valence-corrected chi connectivity index (χ2v) is 7.39. The van der Waals surface area contributed by atoms with Gasteiger partial charge in [0.1, 0.15) is 35.4 Å². The molecule has 6 nitrogen and oxygen atoms in total. The topological polar surface area (TPSA) is 83.7 Å². The van der Waals surface area contributed by atoms with Crippen molar-refractivity contribution in [1.82, 2.24) is 15.2 Å². The Hall–Kier alpha value is -3.67. The number of nitriles is 1. The van der Waals surface area contributed by atoms with Gasteiger partial charge in [-0.25, -0.2) is 13.2 Å². The summed E-state index contributed by atoms with van der Waals surface area (Å²) in [5.74, 6) is -0.639. The van der Waals surface area contributed by atoms with Crippen molar-refractivity contribution in [3.8, 4) is 23.1 Å². The Labute approximate surface area is 176 Å². The molecule has 1 N–H and O–H groups in total. The molecule has 0 bridgehead atoms. The van der Waals surface area contributed by atoms with Gasteiger partial charge in [0.25, 0.3) is 0 Å². The Morgan fingerprint density at radius 3 is 2.58 bits per heavy atom. The normalized spacial score (nSPS) is 19.9. The molecule has 0 radical (unpaired) electrons. The van der Waals surface area contributed by atoms with Gasteiger partial charge in [0.2, 0.25) is 0 Å². The van der Waals surface area contributed by atoms with Crippen LogP contribution in [-0.2, 0) is 5.41 Å². The molecule has 31 heavy (non-hydrogen) atoms. The summed E-state index contributed by atoms with van der Waals surface area (Å²) in [4.78, 5) is 4.12. The average Bonchev–Trinajstić information content (AvgIpc) is 2.76. The van der Waals surface area contributed by atoms with Gasteiger partial charge in [-0.2, -0.15) is 5.26 Å². The first-order valence-corrected chi connectivity index (χ1v) is 9.57. The number of pyridine rings is 1. The van der Waals surface area contributed by atoms with E-state index in [4.69, 9.17) is 4.74 Å². The predicted octanol–water partition coefficient (Wildman–Crippen LogP) is 4.18. The maximum atomic E-state index is 14.4. The van der Waals surface area contributed by atoms with Crippen LogP contribution in [0, 0.1) is 23.0 Å². The number of hydrogen-bond donors (Lipinski definition) is 1. The van der Waals surface area contributed by atoms with Crippen LogP contribution in [0.5, 0.6) is 5.75 Å². The SMILES string of the molecule is COc1c(C#N)ccc(F)c1-c1ccc(NC[C@]2(c3ncccc3F)C[C@H](F)C2)nn1. The number of methoxy groups -OCH3 is 1. The minimum Gasteiger partial charge on any atom is -0.495 e. The molecule has 0 atom stereocenters. The van der Waals surface area contributed by atoms with Crippen molar-refractivity contribution in [2.24, 2.45) is 0 Å². The first-order valence-electron chi connectivity index (χ1n) is 9.57. The number of nitrogens with zero attached hydrogens (tertiary/aromatic N) is 4. The van der Waals surface area contributed by atoms with Gasteiger partial charge in [-0.05, 0) is 49.2 Å². The Morgan fingerprint density at radius 1 is 1.16 bits per heavy atom. The smallest absolute Gasteiger partial charge is 0.149 e. The van der Waals surface area contributed by atoms with Crippen molar-refractivity contribution >= 4 is 5.82 Å². The Kier molecular flexibility index (Phi) is 5.46. The van der Waals surface area contributed by atoms with Crippen LogP contribution in [0.2, 0.25) is 0 Å². The summed E-state index contributed by atoms with van der Waals surface area (Å²) in [6.07, 6.45) is 0.781. The molecule has 1 fully saturated rings. The molecule has 0 aliphatic heterocycles. The van der Waals surface area contributed by atoms with E-state index in [1.54, 1.807) is 6.07 Å². The van der Waals surface area contributed by atoms with E-state index in [1.165, 1.54) is 43.6 Å². The largest absolute Gasteiger partial charge is 0.495 e. The number of alkyl halides is 1. The van der Waals surface area contributed by atoms with E-state index in [1.807, 2.05) is 6.07 Å². The monoisotopic (exact) mass is 425 g/mol. The lowest BCUT2D eigenvalue weighted by atomic mass is 9.65. The van der Waals surface area contributed by atoms with Crippen LogP contribution in [0.4, 0.5) is 19.0 Å². The number of anilines is 1. The number of benzene rings is 1. The van der Waals surface area contributed by atoms with Crippen LogP contribution in [0.25, 0.3) is 11.3 Å². The van der Waals surface area contributed by atoms with Crippen LogP contribution >= 0.6 is 0 Å². The fraction of sp³-hybridized carbons (Fsp3) is 0.273. The minimum absolute atomic E-state index is 0.0342. The number of halogens is 3. The van der Waals surface area contributed by atoms with Crippen molar-refractivity contribution < 1.29 is 17.9 Å². The summed E-state index contributed by atoms with van der Waals surface area (Å²) < 4.78 is 47.6. The van der Waals surface area contributed by atoms with E-state index < -0.39 is 23.2 Å². The van der Waals surface area contributed by atoms with Crippen molar-refractivity contribution in [3.05, 3.63) is 65.5 Å². The molecule has 0 amide bonds. The Morgan fingerprint density at radius 2 is 1.97 bits per heavy atom. The Balaban J connectivity index is 1.56. The number of ether oxygens (including phenoxy) is 1. The van der Waals surface area contributed by atoms with Crippen LogP contribution in [0.15, 0.2) is 42.6 Å². The summed E-state index contributed by atoms with van der Waals surface area (Å²) in [6, 6.07) is 10.3. The van der Waals surface area contributed by atoms with Crippen LogP contribution in [0.3, 0.4) is 0 Å². The van der Waals surface area contributed by atoms with E-state index in [9.17, 15) is 18.4 Å². The highest BCUT2D eigenvalue weighted by atomic mass is 19.1. The van der Waals surface area contributed by atoms with Gasteiger partial charge in [0, 0.05) is 18.2 Å². The van der Waals surface area contributed by atoms with E-state index in [0.29, 0.717) is 5.82 Å². The van der Waals surface area contributed by atoms with Gasteiger partial charge in [-0.3, -0.25) is 4.98 Å². The number of nitrogens with one attached hydrogen (secondary N) is 1. The average molecular weight is 425 g/mol. The molecule has 158 valence electrons. The minimum atomic E-state index is -1.01. The highest BCUT2D eigenvalue weighted by molar-refractivity contribution is 5.72. The molecule has 2 aromatic heterocycles. The van der Waals surface area contributed by atoms with Gasteiger partial charge in [0.05, 0.1) is 29.6 Å². The molecule has 0 saturated heterocycles. The summed E-state index contributed by atoms with van der Waals surface area (Å²) >= 11 is 0. The van der Waals surface area contributed by atoms with Gasteiger partial charge in [-0.15, -0.1) is 10.2 Å². The molecule has 0 unspecified atom stereocenters. The highest BCUT2D eigenvalue weighted by Gasteiger charge is 2.48. The second-order valence-electron chi connectivity index (χ2n) is 7.39. The van der Waals surface area contributed by atoms with Gasteiger partial charge in [0.15, 0.2) is 0 Å². The number of hydrogen-bond acceptors (Lipinski definition) is 6. The van der Waals surface area contributed by atoms with Gasteiger partial charge in [-0.1, -0.05) is 0 Å². The second kappa shape index (κ2) is 8.22. The molecular formula is C22H18F3N5O. The zero-order chi connectivity index (χ0) is 22.0. The van der Waals surface area contributed by atoms with Crippen molar-refractivity contribution in [3.63, 3.8) is 0 Å². The molecule has 1 aromatic carbocycles. The molecule has 1 aliphatic carbocycles. The lowest BCUT2D eigenvalue weighted by Gasteiger charge is -2.44. The van der Waals surface area contributed by atoms with Crippen LogP contribution in [0.1, 0.15) is 24.1 Å². The first-order chi connectivity index (χ1) is 15.0. The molecule has 9 heteroatoms. The lowest BCUT2D eigenvalue weighted by Crippen LogP contribution is -2.49. The van der Waals surface area contributed by atoms with E-state index >= 15 is 0 Å². The predicted molar refractivity (Wildman–Crippen MR) is 107 cm³/mol. The first kappa shape index (κ1) is 20.6. The maximum absolute atomic E-state index is 14.4. The molecular weight excluding hydrogens is 407 g/mol. The van der Waals surface area contributed by atoms with Crippen molar-refractivity contribution in [2.45, 2.75) is 24.4 Å².